The summed E-state index contributed by atoms with van der Waals surface area (Å²) in [5.74, 6) is 2.35. The number of benzene rings is 1. The number of hydrogen-bond acceptors (Lipinski definition) is 4. The molecule has 21 heavy (non-hydrogen) atoms. The maximum Gasteiger partial charge on any atom is 0.153 e. The third kappa shape index (κ3) is 2.71. The van der Waals surface area contributed by atoms with Gasteiger partial charge in [-0.25, -0.2) is 4.98 Å². The minimum atomic E-state index is 0.658. The van der Waals surface area contributed by atoms with Crippen LogP contribution in [0, 0.1) is 5.92 Å². The van der Waals surface area contributed by atoms with Gasteiger partial charge in [-0.1, -0.05) is 6.92 Å². The predicted octanol–water partition coefficient (Wildman–Crippen LogP) is 3.29. The molecule has 0 radical (unpaired) electrons. The number of piperidine rings is 1. The molecule has 2 heterocycles. The van der Waals surface area contributed by atoms with Crippen molar-refractivity contribution in [2.24, 2.45) is 5.92 Å². The molecule has 2 aromatic rings. The average molecular weight is 284 g/mol. The second-order valence-electron chi connectivity index (χ2n) is 5.75. The molecular weight excluding hydrogens is 264 g/mol. The van der Waals surface area contributed by atoms with E-state index in [1.165, 1.54) is 0 Å². The fourth-order valence-corrected chi connectivity index (χ4v) is 2.85. The molecule has 0 atom stereocenters. The van der Waals surface area contributed by atoms with Gasteiger partial charge in [-0.3, -0.25) is 4.79 Å². The van der Waals surface area contributed by atoms with Crippen molar-refractivity contribution in [3.05, 3.63) is 29.8 Å². The van der Waals surface area contributed by atoms with E-state index in [0.29, 0.717) is 5.56 Å². The number of pyridine rings is 1. The Balaban J connectivity index is 2.03. The lowest BCUT2D eigenvalue weighted by atomic mass is 9.99. The lowest BCUT2D eigenvalue weighted by molar-refractivity contribution is 0.112. The van der Waals surface area contributed by atoms with Crippen LogP contribution in [-0.4, -0.2) is 31.5 Å². The van der Waals surface area contributed by atoms with Gasteiger partial charge in [0, 0.05) is 18.5 Å². The Morgan fingerprint density at radius 2 is 2.05 bits per heavy atom. The van der Waals surface area contributed by atoms with Crippen LogP contribution >= 0.6 is 0 Å². The molecule has 0 aliphatic carbocycles. The van der Waals surface area contributed by atoms with Crippen LogP contribution in [0.25, 0.3) is 10.9 Å². The van der Waals surface area contributed by atoms with Crippen LogP contribution in [0.15, 0.2) is 24.3 Å². The number of aromatic nitrogens is 1. The van der Waals surface area contributed by atoms with E-state index in [0.717, 1.165) is 60.6 Å². The molecule has 1 aromatic carbocycles. The number of rotatable bonds is 3. The van der Waals surface area contributed by atoms with Crippen LogP contribution in [0.3, 0.4) is 0 Å². The molecule has 1 fully saturated rings. The Kier molecular flexibility index (Phi) is 3.78. The molecule has 1 saturated heterocycles. The van der Waals surface area contributed by atoms with E-state index in [1.54, 1.807) is 7.11 Å². The van der Waals surface area contributed by atoms with E-state index in [2.05, 4.69) is 11.8 Å². The highest BCUT2D eigenvalue weighted by molar-refractivity contribution is 5.92. The lowest BCUT2D eigenvalue weighted by Gasteiger charge is -2.32. The smallest absolute Gasteiger partial charge is 0.153 e. The van der Waals surface area contributed by atoms with Gasteiger partial charge in [-0.05, 0) is 43.0 Å². The van der Waals surface area contributed by atoms with Gasteiger partial charge in [-0.2, -0.15) is 0 Å². The zero-order valence-corrected chi connectivity index (χ0v) is 12.5. The zero-order valence-electron chi connectivity index (χ0n) is 12.5. The summed E-state index contributed by atoms with van der Waals surface area (Å²) in [7, 11) is 1.64. The van der Waals surface area contributed by atoms with Crippen LogP contribution in [0.2, 0.25) is 0 Å². The number of ether oxygens (including phenoxy) is 1. The van der Waals surface area contributed by atoms with Gasteiger partial charge >= 0.3 is 0 Å². The van der Waals surface area contributed by atoms with Gasteiger partial charge in [-0.15, -0.1) is 0 Å². The summed E-state index contributed by atoms with van der Waals surface area (Å²) in [5.41, 5.74) is 1.56. The maximum atomic E-state index is 11.4. The normalized spacial score (nSPS) is 16.2. The van der Waals surface area contributed by atoms with Crippen molar-refractivity contribution in [3.8, 4) is 5.75 Å². The number of aldehydes is 1. The second kappa shape index (κ2) is 5.72. The number of carbonyl (C=O) groups is 1. The molecule has 0 spiro atoms. The van der Waals surface area contributed by atoms with Crippen molar-refractivity contribution < 1.29 is 9.53 Å². The zero-order chi connectivity index (χ0) is 14.8. The van der Waals surface area contributed by atoms with E-state index in [1.807, 2.05) is 24.3 Å². The lowest BCUT2D eigenvalue weighted by Crippen LogP contribution is -2.34. The summed E-state index contributed by atoms with van der Waals surface area (Å²) >= 11 is 0. The second-order valence-corrected chi connectivity index (χ2v) is 5.75. The van der Waals surface area contributed by atoms with Gasteiger partial charge < -0.3 is 9.64 Å². The molecule has 3 rings (SSSR count). The van der Waals surface area contributed by atoms with Crippen LogP contribution in [-0.2, 0) is 0 Å². The summed E-state index contributed by atoms with van der Waals surface area (Å²) in [5, 5.41) is 0.936. The highest BCUT2D eigenvalue weighted by atomic mass is 16.5. The van der Waals surface area contributed by atoms with Crippen molar-refractivity contribution in [3.63, 3.8) is 0 Å². The topological polar surface area (TPSA) is 42.4 Å². The number of methoxy groups -OCH3 is 1. The SMILES string of the molecule is COc1ccc2nc(N3CCC(C)CC3)c(C=O)cc2c1. The highest BCUT2D eigenvalue weighted by Crippen LogP contribution is 2.28. The van der Waals surface area contributed by atoms with E-state index >= 15 is 0 Å². The van der Waals surface area contributed by atoms with Crippen LogP contribution in [0.1, 0.15) is 30.1 Å². The van der Waals surface area contributed by atoms with Crippen molar-refractivity contribution in [2.75, 3.05) is 25.1 Å². The number of nitrogens with zero attached hydrogens (tertiary/aromatic N) is 2. The Labute approximate surface area is 124 Å². The minimum absolute atomic E-state index is 0.658. The molecule has 1 aliphatic heterocycles. The molecule has 0 saturated carbocycles. The highest BCUT2D eigenvalue weighted by Gasteiger charge is 2.20. The first kappa shape index (κ1) is 13.9. The fraction of sp³-hybridized carbons (Fsp3) is 0.412. The first-order valence-corrected chi connectivity index (χ1v) is 7.40. The molecule has 0 N–H and O–H groups in total. The van der Waals surface area contributed by atoms with Crippen LogP contribution in [0.5, 0.6) is 5.75 Å². The molecule has 4 heteroatoms. The minimum Gasteiger partial charge on any atom is -0.497 e. The Bertz CT molecular complexity index is 661. The average Bonchev–Trinajstić information content (AvgIpc) is 2.53. The van der Waals surface area contributed by atoms with Gasteiger partial charge in [0.25, 0.3) is 0 Å². The van der Waals surface area contributed by atoms with Gasteiger partial charge in [0.1, 0.15) is 11.6 Å². The summed E-state index contributed by atoms with van der Waals surface area (Å²) < 4.78 is 5.23. The fourth-order valence-electron chi connectivity index (χ4n) is 2.85. The predicted molar refractivity (Wildman–Crippen MR) is 84.3 cm³/mol. The molecule has 0 bridgehead atoms. The van der Waals surface area contributed by atoms with E-state index in [-0.39, 0.29) is 0 Å². The van der Waals surface area contributed by atoms with Crippen molar-refractivity contribution in [1.82, 2.24) is 4.98 Å². The van der Waals surface area contributed by atoms with Crippen molar-refractivity contribution in [2.45, 2.75) is 19.8 Å². The summed E-state index contributed by atoms with van der Waals surface area (Å²) in [6.45, 7) is 4.21. The molecule has 1 aromatic heterocycles. The summed E-state index contributed by atoms with van der Waals surface area (Å²) in [6, 6.07) is 7.67. The third-order valence-corrected chi connectivity index (χ3v) is 4.24. The largest absolute Gasteiger partial charge is 0.497 e. The monoisotopic (exact) mass is 284 g/mol. The van der Waals surface area contributed by atoms with E-state index < -0.39 is 0 Å². The van der Waals surface area contributed by atoms with Crippen molar-refractivity contribution >= 4 is 23.0 Å². The summed E-state index contributed by atoms with van der Waals surface area (Å²) in [6.07, 6.45) is 3.21. The number of carbonyl (C=O) groups excluding carboxylic acids is 1. The van der Waals surface area contributed by atoms with Gasteiger partial charge in [0.2, 0.25) is 0 Å². The van der Waals surface area contributed by atoms with Gasteiger partial charge in [0.05, 0.1) is 18.2 Å². The first-order valence-electron chi connectivity index (χ1n) is 7.40. The number of fused-ring (bicyclic) bond motifs is 1. The standard InChI is InChI=1S/C17H20N2O2/c1-12-5-7-19(8-6-12)17-14(11-20)9-13-10-15(21-2)3-4-16(13)18-17/h3-4,9-12H,5-8H2,1-2H3. The van der Waals surface area contributed by atoms with E-state index in [9.17, 15) is 4.79 Å². The quantitative estimate of drug-likeness (QED) is 0.811. The molecule has 0 amide bonds. The number of hydrogen-bond donors (Lipinski definition) is 0. The summed E-state index contributed by atoms with van der Waals surface area (Å²) in [4.78, 5) is 18.4. The molecule has 0 unspecified atom stereocenters. The van der Waals surface area contributed by atoms with E-state index in [4.69, 9.17) is 9.72 Å². The first-order chi connectivity index (χ1) is 10.2. The van der Waals surface area contributed by atoms with Gasteiger partial charge in [0.15, 0.2) is 6.29 Å². The Morgan fingerprint density at radius 3 is 2.71 bits per heavy atom. The Hall–Kier alpha value is -2.10. The molecule has 1 aliphatic rings. The third-order valence-electron chi connectivity index (χ3n) is 4.24. The number of anilines is 1. The molecular formula is C17H20N2O2. The maximum absolute atomic E-state index is 11.4. The Morgan fingerprint density at radius 1 is 1.29 bits per heavy atom. The van der Waals surface area contributed by atoms with Crippen LogP contribution < -0.4 is 9.64 Å². The molecule has 110 valence electrons. The molecule has 4 nitrogen and oxygen atoms in total. The van der Waals surface area contributed by atoms with Crippen molar-refractivity contribution in [1.29, 1.82) is 0 Å². The van der Waals surface area contributed by atoms with Crippen LogP contribution in [0.4, 0.5) is 5.82 Å².